The minimum Gasteiger partial charge on any atom is -0.391 e. The zero-order chi connectivity index (χ0) is 13.7. The van der Waals surface area contributed by atoms with E-state index in [2.05, 4.69) is 30.9 Å². The van der Waals surface area contributed by atoms with Gasteiger partial charge < -0.3 is 9.84 Å². The Morgan fingerprint density at radius 1 is 1.26 bits per heavy atom. The van der Waals surface area contributed by atoms with Crippen LogP contribution in [0.1, 0.15) is 25.8 Å². The number of hydrogen-bond acceptors (Lipinski definition) is 3. The Labute approximate surface area is 116 Å². The lowest BCUT2D eigenvalue weighted by atomic mass is 9.85. The summed E-state index contributed by atoms with van der Waals surface area (Å²) in [6.07, 6.45) is 1.31. The first-order chi connectivity index (χ1) is 9.16. The second kappa shape index (κ2) is 6.51. The predicted molar refractivity (Wildman–Crippen MR) is 77.2 cm³/mol. The van der Waals surface area contributed by atoms with E-state index in [0.29, 0.717) is 6.42 Å². The van der Waals surface area contributed by atoms with Crippen molar-refractivity contribution in [3.8, 4) is 0 Å². The third-order valence-electron chi connectivity index (χ3n) is 4.44. The minimum absolute atomic E-state index is 0.167. The molecule has 106 valence electrons. The van der Waals surface area contributed by atoms with Crippen LogP contribution in [0, 0.1) is 0 Å². The highest BCUT2D eigenvalue weighted by Gasteiger charge is 2.37. The maximum Gasteiger partial charge on any atom is 0.0761 e. The third-order valence-corrected chi connectivity index (χ3v) is 4.44. The summed E-state index contributed by atoms with van der Waals surface area (Å²) in [5.74, 6) is 0. The Balaban J connectivity index is 2.06. The van der Waals surface area contributed by atoms with Gasteiger partial charge in [-0.1, -0.05) is 37.3 Å². The molecule has 3 nitrogen and oxygen atoms in total. The van der Waals surface area contributed by atoms with Crippen LogP contribution in [0.5, 0.6) is 0 Å². The van der Waals surface area contributed by atoms with E-state index in [1.165, 1.54) is 5.56 Å². The standard InChI is InChI=1S/C16H25NO2/c1-3-16(2,17-9-11-19-12-10-17)15(18)13-14-7-5-4-6-8-14/h4-8,15,18H,3,9-13H2,1-2H3. The van der Waals surface area contributed by atoms with Gasteiger partial charge >= 0.3 is 0 Å². The second-order valence-electron chi connectivity index (χ2n) is 5.52. The molecule has 1 aromatic rings. The quantitative estimate of drug-likeness (QED) is 0.883. The van der Waals surface area contributed by atoms with E-state index in [4.69, 9.17) is 4.74 Å². The molecule has 1 aliphatic rings. The van der Waals surface area contributed by atoms with Crippen LogP contribution < -0.4 is 0 Å². The van der Waals surface area contributed by atoms with Crippen LogP contribution in [-0.4, -0.2) is 48.0 Å². The second-order valence-corrected chi connectivity index (χ2v) is 5.52. The van der Waals surface area contributed by atoms with Gasteiger partial charge in [-0.2, -0.15) is 0 Å². The molecule has 0 radical (unpaired) electrons. The van der Waals surface area contributed by atoms with Crippen molar-refractivity contribution in [2.75, 3.05) is 26.3 Å². The maximum absolute atomic E-state index is 10.7. The van der Waals surface area contributed by atoms with Gasteiger partial charge in [0.25, 0.3) is 0 Å². The van der Waals surface area contributed by atoms with Gasteiger partial charge in [0.15, 0.2) is 0 Å². The molecule has 1 aliphatic heterocycles. The number of nitrogens with zero attached hydrogens (tertiary/aromatic N) is 1. The van der Waals surface area contributed by atoms with Crippen molar-refractivity contribution in [2.45, 2.75) is 38.3 Å². The van der Waals surface area contributed by atoms with E-state index < -0.39 is 0 Å². The lowest BCUT2D eigenvalue weighted by Crippen LogP contribution is -2.58. The fourth-order valence-corrected chi connectivity index (χ4v) is 2.80. The number of morpholine rings is 1. The van der Waals surface area contributed by atoms with Gasteiger partial charge in [0.2, 0.25) is 0 Å². The summed E-state index contributed by atoms with van der Waals surface area (Å²) in [6, 6.07) is 10.2. The van der Waals surface area contributed by atoms with Gasteiger partial charge in [-0.05, 0) is 18.9 Å². The SMILES string of the molecule is CCC(C)(C(O)Cc1ccccc1)N1CCOCC1. The molecule has 2 atom stereocenters. The minimum atomic E-state index is -0.349. The van der Waals surface area contributed by atoms with Crippen molar-refractivity contribution in [3.63, 3.8) is 0 Å². The van der Waals surface area contributed by atoms with Gasteiger partial charge in [-0.25, -0.2) is 0 Å². The molecular weight excluding hydrogens is 238 g/mol. The van der Waals surface area contributed by atoms with E-state index in [-0.39, 0.29) is 11.6 Å². The average molecular weight is 263 g/mol. The zero-order valence-corrected chi connectivity index (χ0v) is 12.0. The van der Waals surface area contributed by atoms with E-state index in [0.717, 1.165) is 32.7 Å². The molecule has 2 unspecified atom stereocenters. The molecule has 0 spiro atoms. The van der Waals surface area contributed by atoms with E-state index in [1.54, 1.807) is 0 Å². The number of aliphatic hydroxyl groups is 1. The number of rotatable bonds is 5. The van der Waals surface area contributed by atoms with Crippen LogP contribution in [0.4, 0.5) is 0 Å². The first kappa shape index (κ1) is 14.5. The fraction of sp³-hybridized carbons (Fsp3) is 0.625. The molecule has 3 heteroatoms. The number of hydrogen-bond donors (Lipinski definition) is 1. The van der Waals surface area contributed by atoms with Crippen molar-refractivity contribution in [2.24, 2.45) is 0 Å². The maximum atomic E-state index is 10.7. The van der Waals surface area contributed by atoms with Crippen molar-refractivity contribution >= 4 is 0 Å². The lowest BCUT2D eigenvalue weighted by molar-refractivity contribution is -0.0714. The Morgan fingerprint density at radius 3 is 2.47 bits per heavy atom. The molecule has 2 rings (SSSR count). The lowest BCUT2D eigenvalue weighted by Gasteiger charge is -2.46. The van der Waals surface area contributed by atoms with Crippen molar-refractivity contribution in [3.05, 3.63) is 35.9 Å². The summed E-state index contributed by atoms with van der Waals surface area (Å²) >= 11 is 0. The average Bonchev–Trinajstić information content (AvgIpc) is 2.48. The molecule has 1 aromatic carbocycles. The number of ether oxygens (including phenoxy) is 1. The smallest absolute Gasteiger partial charge is 0.0761 e. The molecule has 0 saturated carbocycles. The first-order valence-electron chi connectivity index (χ1n) is 7.21. The molecule has 0 bridgehead atoms. The van der Waals surface area contributed by atoms with Crippen LogP contribution in [0.3, 0.4) is 0 Å². The van der Waals surface area contributed by atoms with Crippen molar-refractivity contribution in [1.82, 2.24) is 4.90 Å². The molecule has 0 aromatic heterocycles. The largest absolute Gasteiger partial charge is 0.391 e. The molecular formula is C16H25NO2. The summed E-state index contributed by atoms with van der Waals surface area (Å²) in [5, 5.41) is 10.7. The Kier molecular flexibility index (Phi) is 4.97. The van der Waals surface area contributed by atoms with Crippen LogP contribution in [0.25, 0.3) is 0 Å². The van der Waals surface area contributed by atoms with Crippen molar-refractivity contribution in [1.29, 1.82) is 0 Å². The monoisotopic (exact) mass is 263 g/mol. The van der Waals surface area contributed by atoms with Crippen molar-refractivity contribution < 1.29 is 9.84 Å². The Morgan fingerprint density at radius 2 is 1.89 bits per heavy atom. The van der Waals surface area contributed by atoms with Gasteiger partial charge in [0, 0.05) is 25.0 Å². The normalized spacial score (nSPS) is 21.8. The first-order valence-corrected chi connectivity index (χ1v) is 7.21. The number of aliphatic hydroxyl groups excluding tert-OH is 1. The molecule has 1 saturated heterocycles. The molecule has 19 heavy (non-hydrogen) atoms. The summed E-state index contributed by atoms with van der Waals surface area (Å²) in [7, 11) is 0. The molecule has 0 amide bonds. The molecule has 1 fully saturated rings. The summed E-state index contributed by atoms with van der Waals surface area (Å²) in [4.78, 5) is 2.38. The summed E-state index contributed by atoms with van der Waals surface area (Å²) < 4.78 is 5.41. The highest BCUT2D eigenvalue weighted by molar-refractivity contribution is 5.16. The van der Waals surface area contributed by atoms with Crippen LogP contribution in [0.2, 0.25) is 0 Å². The van der Waals surface area contributed by atoms with Crippen LogP contribution in [0.15, 0.2) is 30.3 Å². The molecule has 0 aliphatic carbocycles. The summed E-state index contributed by atoms with van der Waals surface area (Å²) in [6.45, 7) is 7.70. The zero-order valence-electron chi connectivity index (χ0n) is 12.0. The van der Waals surface area contributed by atoms with Gasteiger partial charge in [-0.15, -0.1) is 0 Å². The third kappa shape index (κ3) is 3.35. The van der Waals surface area contributed by atoms with E-state index >= 15 is 0 Å². The predicted octanol–water partition coefficient (Wildman–Crippen LogP) is 2.09. The van der Waals surface area contributed by atoms with Gasteiger partial charge in [0.05, 0.1) is 19.3 Å². The molecule has 1 N–H and O–H groups in total. The van der Waals surface area contributed by atoms with Gasteiger partial charge in [0.1, 0.15) is 0 Å². The Hall–Kier alpha value is -0.900. The summed E-state index contributed by atoms with van der Waals surface area (Å²) in [5.41, 5.74) is 1.03. The van der Waals surface area contributed by atoms with Gasteiger partial charge in [-0.3, -0.25) is 4.90 Å². The molecule has 1 heterocycles. The highest BCUT2D eigenvalue weighted by Crippen LogP contribution is 2.27. The van der Waals surface area contributed by atoms with E-state index in [9.17, 15) is 5.11 Å². The fourth-order valence-electron chi connectivity index (χ4n) is 2.80. The Bertz CT molecular complexity index is 376. The van der Waals surface area contributed by atoms with Crippen LogP contribution in [-0.2, 0) is 11.2 Å². The highest BCUT2D eigenvalue weighted by atomic mass is 16.5. The topological polar surface area (TPSA) is 32.7 Å². The van der Waals surface area contributed by atoms with Crippen LogP contribution >= 0.6 is 0 Å². The van der Waals surface area contributed by atoms with E-state index in [1.807, 2.05) is 18.2 Å². The number of benzene rings is 1.